The van der Waals surface area contributed by atoms with Gasteiger partial charge < -0.3 is 14.8 Å². The van der Waals surface area contributed by atoms with E-state index >= 15 is 0 Å². The number of anilines is 1. The maximum atomic E-state index is 12.9. The van der Waals surface area contributed by atoms with Gasteiger partial charge in [-0.2, -0.15) is 0 Å². The molecule has 1 aliphatic heterocycles. The number of esters is 2. The maximum absolute atomic E-state index is 12.9. The fraction of sp³-hybridized carbons (Fsp3) is 0.200. The van der Waals surface area contributed by atoms with E-state index in [1.165, 1.54) is 56.5 Å². The summed E-state index contributed by atoms with van der Waals surface area (Å²) in [5, 5.41) is 2.40. The number of carbonyl (C=O) groups is 4. The molecule has 1 atom stereocenters. The van der Waals surface area contributed by atoms with E-state index in [4.69, 9.17) is 0 Å². The van der Waals surface area contributed by atoms with Crippen LogP contribution in [-0.2, 0) is 24.3 Å². The number of hydrogen-bond donors (Lipinski definition) is 1. The number of amides is 2. The average Bonchev–Trinajstić information content (AvgIpc) is 2.97. The molecule has 1 N–H and O–H groups in total. The van der Waals surface area contributed by atoms with Crippen LogP contribution >= 0.6 is 0 Å². The van der Waals surface area contributed by atoms with Gasteiger partial charge in [0.05, 0.1) is 36.6 Å². The summed E-state index contributed by atoms with van der Waals surface area (Å²) in [4.78, 5) is 49.2. The normalized spacial score (nSPS) is 15.1. The van der Waals surface area contributed by atoms with E-state index in [0.29, 0.717) is 4.31 Å². The second-order valence-corrected chi connectivity index (χ2v) is 8.29. The van der Waals surface area contributed by atoms with Gasteiger partial charge in [-0.25, -0.2) is 22.3 Å². The molecule has 1 heterocycles. The van der Waals surface area contributed by atoms with Crippen LogP contribution < -0.4 is 5.32 Å². The van der Waals surface area contributed by atoms with E-state index in [9.17, 15) is 27.6 Å². The Morgan fingerprint density at radius 2 is 1.65 bits per heavy atom. The average molecular weight is 446 g/mol. The molecule has 10 nitrogen and oxygen atoms in total. The molecule has 0 spiro atoms. The van der Waals surface area contributed by atoms with E-state index in [1.54, 1.807) is 0 Å². The minimum Gasteiger partial charge on any atom is -0.465 e. The zero-order chi connectivity index (χ0) is 22.9. The SMILES string of the molecule is COC(=O)c1ccc(C(=O)OC)c(NC(=O)[C@@H](C)N2C(=O)c3ccccc3S2(=O)=O)c1. The number of fused-ring (bicyclic) bond motifs is 1. The van der Waals surface area contributed by atoms with Crippen molar-refractivity contribution >= 4 is 39.5 Å². The summed E-state index contributed by atoms with van der Waals surface area (Å²) < 4.78 is 35.4. The summed E-state index contributed by atoms with van der Waals surface area (Å²) in [7, 11) is -1.93. The van der Waals surface area contributed by atoms with E-state index in [1.807, 2.05) is 0 Å². The summed E-state index contributed by atoms with van der Waals surface area (Å²) in [6.45, 7) is 1.23. The highest BCUT2D eigenvalue weighted by Crippen LogP contribution is 2.32. The molecule has 0 saturated carbocycles. The van der Waals surface area contributed by atoms with Crippen molar-refractivity contribution in [3.63, 3.8) is 0 Å². The Bertz CT molecular complexity index is 1210. The van der Waals surface area contributed by atoms with Crippen LogP contribution in [0.3, 0.4) is 0 Å². The number of sulfonamides is 1. The van der Waals surface area contributed by atoms with Crippen LogP contribution in [0.15, 0.2) is 47.4 Å². The number of nitrogens with zero attached hydrogens (tertiary/aromatic N) is 1. The minimum absolute atomic E-state index is 0.0370. The maximum Gasteiger partial charge on any atom is 0.339 e. The fourth-order valence-corrected chi connectivity index (χ4v) is 4.83. The standard InChI is InChI=1S/C20H18N2O8S/c1-11(22-18(24)14-6-4-5-7-16(14)31(22,27)28)17(23)21-15-10-12(19(25)29-2)8-9-13(15)20(26)30-3/h4-11H,1-3H3,(H,21,23)/t11-/m1/s1. The monoisotopic (exact) mass is 446 g/mol. The van der Waals surface area contributed by atoms with Crippen molar-refractivity contribution < 1.29 is 37.1 Å². The van der Waals surface area contributed by atoms with Gasteiger partial charge in [0.25, 0.3) is 15.9 Å². The highest BCUT2D eigenvalue weighted by molar-refractivity contribution is 7.90. The first kappa shape index (κ1) is 22.0. The summed E-state index contributed by atoms with van der Waals surface area (Å²) >= 11 is 0. The van der Waals surface area contributed by atoms with Crippen molar-refractivity contribution in [1.82, 2.24) is 4.31 Å². The number of benzene rings is 2. The first-order valence-electron chi connectivity index (χ1n) is 8.92. The topological polar surface area (TPSA) is 136 Å². The Hall–Kier alpha value is -3.73. The Morgan fingerprint density at radius 3 is 2.26 bits per heavy atom. The molecule has 0 bridgehead atoms. The molecule has 0 fully saturated rings. The first-order chi connectivity index (χ1) is 14.6. The third kappa shape index (κ3) is 3.75. The Morgan fingerprint density at radius 1 is 1.00 bits per heavy atom. The van der Waals surface area contributed by atoms with E-state index in [2.05, 4.69) is 14.8 Å². The number of nitrogens with one attached hydrogen (secondary N) is 1. The van der Waals surface area contributed by atoms with Crippen molar-refractivity contribution in [3.8, 4) is 0 Å². The number of rotatable bonds is 5. The van der Waals surface area contributed by atoms with Gasteiger partial charge in [0.1, 0.15) is 10.9 Å². The third-order valence-corrected chi connectivity index (χ3v) is 6.60. The van der Waals surface area contributed by atoms with Gasteiger partial charge >= 0.3 is 11.9 Å². The molecule has 2 aromatic rings. The minimum atomic E-state index is -4.23. The molecule has 162 valence electrons. The lowest BCUT2D eigenvalue weighted by Crippen LogP contribution is -2.45. The van der Waals surface area contributed by atoms with E-state index in [0.717, 1.165) is 7.11 Å². The molecule has 0 aliphatic carbocycles. The van der Waals surface area contributed by atoms with Crippen molar-refractivity contribution in [2.24, 2.45) is 0 Å². The van der Waals surface area contributed by atoms with Crippen LogP contribution in [0.25, 0.3) is 0 Å². The molecule has 2 amide bonds. The van der Waals surface area contributed by atoms with Crippen LogP contribution in [0.4, 0.5) is 5.69 Å². The molecule has 0 aromatic heterocycles. The summed E-state index contributed by atoms with van der Waals surface area (Å²) in [5.41, 5.74) is -0.178. The van der Waals surface area contributed by atoms with E-state index < -0.39 is 39.8 Å². The molecule has 0 radical (unpaired) electrons. The summed E-state index contributed by atoms with van der Waals surface area (Å²) in [6, 6.07) is 7.93. The second-order valence-electron chi connectivity index (χ2n) is 6.51. The van der Waals surface area contributed by atoms with Gasteiger partial charge in [-0.1, -0.05) is 12.1 Å². The largest absolute Gasteiger partial charge is 0.465 e. The van der Waals surface area contributed by atoms with Gasteiger partial charge in [0.2, 0.25) is 5.91 Å². The molecule has 11 heteroatoms. The zero-order valence-corrected chi connectivity index (χ0v) is 17.6. The Labute approximate surface area is 177 Å². The van der Waals surface area contributed by atoms with Crippen LogP contribution in [0.5, 0.6) is 0 Å². The number of ether oxygens (including phenoxy) is 2. The molecule has 2 aromatic carbocycles. The predicted molar refractivity (Wildman–Crippen MR) is 107 cm³/mol. The van der Waals surface area contributed by atoms with Gasteiger partial charge in [-0.15, -0.1) is 0 Å². The lowest BCUT2D eigenvalue weighted by Gasteiger charge is -2.23. The van der Waals surface area contributed by atoms with Crippen molar-refractivity contribution in [1.29, 1.82) is 0 Å². The highest BCUT2D eigenvalue weighted by atomic mass is 32.2. The molecule has 0 unspecified atom stereocenters. The Kier molecular flexibility index (Phi) is 5.80. The molecular formula is C20H18N2O8S. The second kappa shape index (κ2) is 8.19. The number of hydrogen-bond acceptors (Lipinski definition) is 8. The molecule has 0 saturated heterocycles. The van der Waals surface area contributed by atoms with Crippen molar-refractivity contribution in [2.75, 3.05) is 19.5 Å². The summed E-state index contributed by atoms with van der Waals surface area (Å²) in [6.07, 6.45) is 0. The molecule has 1 aliphatic rings. The molecule has 3 rings (SSSR count). The summed E-state index contributed by atoms with van der Waals surface area (Å²) in [5.74, 6) is -3.24. The molecular weight excluding hydrogens is 428 g/mol. The van der Waals surface area contributed by atoms with Crippen LogP contribution in [0, 0.1) is 0 Å². The van der Waals surface area contributed by atoms with E-state index in [-0.39, 0.29) is 27.3 Å². The van der Waals surface area contributed by atoms with Gasteiger partial charge in [0.15, 0.2) is 0 Å². The van der Waals surface area contributed by atoms with Crippen LogP contribution in [0.2, 0.25) is 0 Å². The lowest BCUT2D eigenvalue weighted by atomic mass is 10.1. The quantitative estimate of drug-likeness (QED) is 0.681. The van der Waals surface area contributed by atoms with Crippen molar-refractivity contribution in [2.45, 2.75) is 17.9 Å². The zero-order valence-electron chi connectivity index (χ0n) is 16.7. The smallest absolute Gasteiger partial charge is 0.339 e. The van der Waals surface area contributed by atoms with Gasteiger partial charge in [-0.05, 0) is 37.3 Å². The molecule has 31 heavy (non-hydrogen) atoms. The Balaban J connectivity index is 1.95. The highest BCUT2D eigenvalue weighted by Gasteiger charge is 2.45. The van der Waals surface area contributed by atoms with Crippen LogP contribution in [0.1, 0.15) is 38.0 Å². The fourth-order valence-electron chi connectivity index (χ4n) is 3.11. The van der Waals surface area contributed by atoms with Gasteiger partial charge in [0, 0.05) is 0 Å². The van der Waals surface area contributed by atoms with Crippen LogP contribution in [-0.4, -0.2) is 56.7 Å². The first-order valence-corrected chi connectivity index (χ1v) is 10.4. The third-order valence-electron chi connectivity index (χ3n) is 4.69. The van der Waals surface area contributed by atoms with Gasteiger partial charge in [-0.3, -0.25) is 9.59 Å². The number of methoxy groups -OCH3 is 2. The predicted octanol–water partition coefficient (Wildman–Crippen LogP) is 1.43. The lowest BCUT2D eigenvalue weighted by molar-refractivity contribution is -0.118. The number of carbonyl (C=O) groups excluding carboxylic acids is 4. The van der Waals surface area contributed by atoms with Crippen molar-refractivity contribution in [3.05, 3.63) is 59.2 Å².